The van der Waals surface area contributed by atoms with E-state index in [4.69, 9.17) is 0 Å². The Kier molecular flexibility index (Phi) is 2.47. The lowest BCUT2D eigenvalue weighted by atomic mass is 9.78. The average molecular weight is 289 g/mol. The molecule has 2 bridgehead atoms. The van der Waals surface area contributed by atoms with Crippen LogP contribution >= 0.6 is 0 Å². The number of nitrogens with zero attached hydrogens (tertiary/aromatic N) is 1. The minimum absolute atomic E-state index is 0.0592. The summed E-state index contributed by atoms with van der Waals surface area (Å²) in [6.45, 7) is 0. The first-order valence-corrected chi connectivity index (χ1v) is 7.03. The summed E-state index contributed by atoms with van der Waals surface area (Å²) in [6, 6.07) is 5.87. The van der Waals surface area contributed by atoms with Crippen LogP contribution in [-0.4, -0.2) is 39.3 Å². The number of carbonyl (C=O) groups excluding carboxylic acids is 2. The van der Waals surface area contributed by atoms with Gasteiger partial charge in [0.1, 0.15) is 5.75 Å². The molecule has 1 aromatic carbocycles. The SMILES string of the molecule is O=C1[C@@H]2[C@H]3C[C@@H]([C@H](O)[C@@H]3O)[C@@H]2C(=O)N1c1ccc(O)cc1. The minimum Gasteiger partial charge on any atom is -0.508 e. The molecule has 0 unspecified atom stereocenters. The van der Waals surface area contributed by atoms with Gasteiger partial charge in [-0.05, 0) is 30.7 Å². The second-order valence-electron chi connectivity index (χ2n) is 6.12. The molecule has 6 atom stereocenters. The zero-order valence-corrected chi connectivity index (χ0v) is 11.1. The minimum atomic E-state index is -0.923. The number of aliphatic hydroxyl groups is 2. The van der Waals surface area contributed by atoms with Crippen molar-refractivity contribution in [1.82, 2.24) is 0 Å². The fourth-order valence-corrected chi connectivity index (χ4v) is 4.29. The molecule has 2 aliphatic carbocycles. The highest BCUT2D eigenvalue weighted by Crippen LogP contribution is 2.56. The molecule has 2 saturated carbocycles. The molecule has 110 valence electrons. The third kappa shape index (κ3) is 1.49. The predicted octanol–water partition coefficient (Wildman–Crippen LogP) is -0.131. The molecule has 0 aromatic heterocycles. The quantitative estimate of drug-likeness (QED) is 0.626. The Morgan fingerprint density at radius 2 is 1.38 bits per heavy atom. The van der Waals surface area contributed by atoms with Gasteiger partial charge < -0.3 is 15.3 Å². The van der Waals surface area contributed by atoms with Gasteiger partial charge in [-0.3, -0.25) is 14.5 Å². The number of hydrogen-bond acceptors (Lipinski definition) is 5. The molecular weight excluding hydrogens is 274 g/mol. The molecular formula is C15H15NO5. The summed E-state index contributed by atoms with van der Waals surface area (Å²) in [5.74, 6) is -2.31. The molecule has 2 amide bonds. The Hall–Kier alpha value is -1.92. The largest absolute Gasteiger partial charge is 0.508 e. The molecule has 1 aromatic rings. The molecule has 21 heavy (non-hydrogen) atoms. The Balaban J connectivity index is 1.73. The normalized spacial score (nSPS) is 41.0. The first-order valence-electron chi connectivity index (χ1n) is 7.03. The van der Waals surface area contributed by atoms with Crippen molar-refractivity contribution in [3.63, 3.8) is 0 Å². The molecule has 3 N–H and O–H groups in total. The van der Waals surface area contributed by atoms with Crippen LogP contribution in [0.15, 0.2) is 24.3 Å². The Morgan fingerprint density at radius 3 is 1.86 bits per heavy atom. The molecule has 1 heterocycles. The van der Waals surface area contributed by atoms with Crippen LogP contribution in [0.2, 0.25) is 0 Å². The number of aromatic hydroxyl groups is 1. The van der Waals surface area contributed by atoms with Crippen LogP contribution in [0.4, 0.5) is 5.69 Å². The van der Waals surface area contributed by atoms with E-state index in [1.54, 1.807) is 0 Å². The number of carbonyl (C=O) groups is 2. The van der Waals surface area contributed by atoms with E-state index in [2.05, 4.69) is 0 Å². The fourth-order valence-electron chi connectivity index (χ4n) is 4.29. The van der Waals surface area contributed by atoms with Crippen molar-refractivity contribution in [2.24, 2.45) is 23.7 Å². The summed E-state index contributed by atoms with van der Waals surface area (Å²) in [5, 5.41) is 29.2. The zero-order valence-electron chi connectivity index (χ0n) is 11.1. The van der Waals surface area contributed by atoms with Crippen LogP contribution in [0.3, 0.4) is 0 Å². The van der Waals surface area contributed by atoms with E-state index < -0.39 is 24.0 Å². The number of hydrogen-bond donors (Lipinski definition) is 3. The molecule has 6 nitrogen and oxygen atoms in total. The molecule has 4 rings (SSSR count). The summed E-state index contributed by atoms with van der Waals surface area (Å²) in [7, 11) is 0. The maximum Gasteiger partial charge on any atom is 0.238 e. The number of anilines is 1. The molecule has 3 aliphatic rings. The second-order valence-corrected chi connectivity index (χ2v) is 6.12. The predicted molar refractivity (Wildman–Crippen MR) is 71.2 cm³/mol. The van der Waals surface area contributed by atoms with E-state index in [0.29, 0.717) is 12.1 Å². The van der Waals surface area contributed by atoms with E-state index in [0.717, 1.165) is 4.90 Å². The Morgan fingerprint density at radius 1 is 0.905 bits per heavy atom. The van der Waals surface area contributed by atoms with E-state index in [-0.39, 0.29) is 29.4 Å². The smallest absolute Gasteiger partial charge is 0.238 e. The van der Waals surface area contributed by atoms with Gasteiger partial charge in [0.05, 0.1) is 29.7 Å². The zero-order chi connectivity index (χ0) is 14.9. The lowest BCUT2D eigenvalue weighted by molar-refractivity contribution is -0.129. The third-order valence-electron chi connectivity index (χ3n) is 5.20. The van der Waals surface area contributed by atoms with Gasteiger partial charge in [-0.25, -0.2) is 0 Å². The number of imide groups is 1. The van der Waals surface area contributed by atoms with E-state index >= 15 is 0 Å². The van der Waals surface area contributed by atoms with Gasteiger partial charge in [0.25, 0.3) is 0 Å². The standard InChI is InChI=1S/C15H15NO5/c17-7-3-1-6(2-4-7)16-14(20)10-8-5-9(11(10)15(16)21)13(19)12(8)18/h1-4,8-13,17-19H,5H2/t8-,9-,10-,11+,12-,13+/m1/s1. The van der Waals surface area contributed by atoms with Crippen LogP contribution in [0, 0.1) is 23.7 Å². The number of aliphatic hydroxyl groups excluding tert-OH is 2. The van der Waals surface area contributed by atoms with Crippen molar-refractivity contribution in [3.8, 4) is 5.75 Å². The second kappa shape index (κ2) is 4.05. The Labute approximate surface area is 120 Å². The van der Waals surface area contributed by atoms with Gasteiger partial charge in [-0.2, -0.15) is 0 Å². The Bertz CT molecular complexity index is 595. The monoisotopic (exact) mass is 289 g/mol. The van der Waals surface area contributed by atoms with Crippen molar-refractivity contribution in [2.45, 2.75) is 18.6 Å². The summed E-state index contributed by atoms with van der Waals surface area (Å²) in [6.07, 6.45) is -1.32. The van der Waals surface area contributed by atoms with Crippen molar-refractivity contribution in [3.05, 3.63) is 24.3 Å². The topological polar surface area (TPSA) is 98.1 Å². The van der Waals surface area contributed by atoms with Gasteiger partial charge in [-0.15, -0.1) is 0 Å². The van der Waals surface area contributed by atoms with E-state index in [1.165, 1.54) is 24.3 Å². The number of benzene rings is 1. The summed E-state index contributed by atoms with van der Waals surface area (Å²) >= 11 is 0. The first-order chi connectivity index (χ1) is 10.0. The third-order valence-corrected chi connectivity index (χ3v) is 5.20. The summed E-state index contributed by atoms with van der Waals surface area (Å²) < 4.78 is 0. The average Bonchev–Trinajstić information content (AvgIpc) is 3.06. The van der Waals surface area contributed by atoms with Gasteiger partial charge in [0.2, 0.25) is 11.8 Å². The number of phenolic OH excluding ortho intramolecular Hbond substituents is 1. The van der Waals surface area contributed by atoms with Crippen molar-refractivity contribution in [1.29, 1.82) is 0 Å². The number of fused-ring (bicyclic) bond motifs is 5. The van der Waals surface area contributed by atoms with Crippen molar-refractivity contribution >= 4 is 17.5 Å². The lowest BCUT2D eigenvalue weighted by Gasteiger charge is -2.29. The highest BCUT2D eigenvalue weighted by Gasteiger charge is 2.67. The lowest BCUT2D eigenvalue weighted by Crippen LogP contribution is -2.43. The first kappa shape index (κ1) is 12.8. The maximum absolute atomic E-state index is 12.6. The van der Waals surface area contributed by atoms with Crippen LogP contribution in [0.1, 0.15) is 6.42 Å². The van der Waals surface area contributed by atoms with E-state index in [9.17, 15) is 24.9 Å². The number of rotatable bonds is 1. The van der Waals surface area contributed by atoms with E-state index in [1.807, 2.05) is 0 Å². The summed E-state index contributed by atoms with van der Waals surface area (Å²) in [5.41, 5.74) is 0.417. The van der Waals surface area contributed by atoms with Crippen LogP contribution < -0.4 is 4.90 Å². The molecule has 1 aliphatic heterocycles. The summed E-state index contributed by atoms with van der Waals surface area (Å²) in [4.78, 5) is 26.3. The van der Waals surface area contributed by atoms with Crippen LogP contribution in [0.25, 0.3) is 0 Å². The fraction of sp³-hybridized carbons (Fsp3) is 0.467. The highest BCUT2D eigenvalue weighted by molar-refractivity contribution is 6.22. The van der Waals surface area contributed by atoms with Gasteiger partial charge in [0.15, 0.2) is 0 Å². The molecule has 0 radical (unpaired) electrons. The maximum atomic E-state index is 12.6. The van der Waals surface area contributed by atoms with Gasteiger partial charge in [0, 0.05) is 11.8 Å². The van der Waals surface area contributed by atoms with Crippen LogP contribution in [0.5, 0.6) is 5.75 Å². The molecule has 1 saturated heterocycles. The molecule has 3 fully saturated rings. The van der Waals surface area contributed by atoms with Crippen molar-refractivity contribution in [2.75, 3.05) is 4.90 Å². The van der Waals surface area contributed by atoms with Gasteiger partial charge in [-0.1, -0.05) is 0 Å². The van der Waals surface area contributed by atoms with Gasteiger partial charge >= 0.3 is 0 Å². The van der Waals surface area contributed by atoms with Crippen LogP contribution in [-0.2, 0) is 9.59 Å². The number of amides is 2. The molecule has 6 heteroatoms. The van der Waals surface area contributed by atoms with Crippen molar-refractivity contribution < 1.29 is 24.9 Å². The number of phenols is 1. The highest BCUT2D eigenvalue weighted by atomic mass is 16.3. The molecule has 0 spiro atoms.